The summed E-state index contributed by atoms with van der Waals surface area (Å²) in [4.78, 5) is 11.8. The summed E-state index contributed by atoms with van der Waals surface area (Å²) in [6, 6.07) is 4.24. The Morgan fingerprint density at radius 3 is 2.61 bits per heavy atom. The minimum Gasteiger partial charge on any atom is -0.325 e. The molecule has 0 saturated heterocycles. The van der Waals surface area contributed by atoms with Crippen molar-refractivity contribution in [3.05, 3.63) is 28.8 Å². The molecule has 0 radical (unpaired) electrons. The van der Waals surface area contributed by atoms with Gasteiger partial charge in [0.15, 0.2) is 0 Å². The van der Waals surface area contributed by atoms with Crippen molar-refractivity contribution >= 4 is 11.6 Å². The molecule has 0 spiro atoms. The molecule has 1 aliphatic rings. The van der Waals surface area contributed by atoms with E-state index in [0.29, 0.717) is 5.92 Å². The number of carbonyl (C=O) groups excluding carboxylic acids is 1. The molecule has 1 amide bonds. The Labute approximate surface area is 109 Å². The highest BCUT2D eigenvalue weighted by molar-refractivity contribution is 6.03. The molecular weight excluding hydrogens is 224 g/mol. The van der Waals surface area contributed by atoms with E-state index in [1.807, 2.05) is 6.92 Å². The maximum Gasteiger partial charge on any atom is 0.231 e. The van der Waals surface area contributed by atoms with Crippen LogP contribution in [0.5, 0.6) is 0 Å². The number of aryl methyl sites for hydroxylation is 1. The molecule has 1 aromatic carbocycles. The van der Waals surface area contributed by atoms with Crippen molar-refractivity contribution in [3.63, 3.8) is 0 Å². The van der Waals surface area contributed by atoms with Gasteiger partial charge in [0, 0.05) is 11.7 Å². The van der Waals surface area contributed by atoms with Gasteiger partial charge in [-0.15, -0.1) is 0 Å². The van der Waals surface area contributed by atoms with Crippen LogP contribution in [0.15, 0.2) is 12.1 Å². The molecule has 2 atom stereocenters. The molecule has 1 aliphatic heterocycles. The Balaban J connectivity index is 2.57. The fraction of sp³-hybridized carbons (Fsp3) is 0.533. The van der Waals surface area contributed by atoms with Crippen LogP contribution in [0, 0.1) is 5.92 Å². The highest BCUT2D eigenvalue weighted by Crippen LogP contribution is 2.39. The third-order valence-electron chi connectivity index (χ3n) is 3.85. The first-order valence-electron chi connectivity index (χ1n) is 6.68. The SMILES string of the molecule is CCc1cc2c(c(C(N)C(C)C)c1)NC(=O)C2C. The maximum absolute atomic E-state index is 11.8. The van der Waals surface area contributed by atoms with Crippen molar-refractivity contribution in [2.24, 2.45) is 11.7 Å². The van der Waals surface area contributed by atoms with E-state index >= 15 is 0 Å². The number of hydrogen-bond acceptors (Lipinski definition) is 2. The smallest absolute Gasteiger partial charge is 0.231 e. The summed E-state index contributed by atoms with van der Waals surface area (Å²) >= 11 is 0. The van der Waals surface area contributed by atoms with Crippen LogP contribution in [0.1, 0.15) is 56.3 Å². The first-order chi connectivity index (χ1) is 8.45. The number of benzene rings is 1. The fourth-order valence-corrected chi connectivity index (χ4v) is 2.44. The first kappa shape index (κ1) is 13.1. The molecule has 2 rings (SSSR count). The third-order valence-corrected chi connectivity index (χ3v) is 3.85. The second-order valence-corrected chi connectivity index (χ2v) is 5.48. The zero-order valence-electron chi connectivity index (χ0n) is 11.6. The number of amides is 1. The Morgan fingerprint density at radius 2 is 2.06 bits per heavy atom. The molecule has 0 saturated carbocycles. The zero-order valence-corrected chi connectivity index (χ0v) is 11.6. The number of carbonyl (C=O) groups is 1. The lowest BCUT2D eigenvalue weighted by molar-refractivity contribution is -0.116. The molecule has 98 valence electrons. The maximum atomic E-state index is 11.8. The number of fused-ring (bicyclic) bond motifs is 1. The predicted octanol–water partition coefficient (Wildman–Crippen LogP) is 2.96. The Bertz CT molecular complexity index is 480. The number of rotatable bonds is 3. The number of nitrogens with one attached hydrogen (secondary N) is 1. The van der Waals surface area contributed by atoms with E-state index in [1.54, 1.807) is 0 Å². The van der Waals surface area contributed by atoms with Crippen LogP contribution >= 0.6 is 0 Å². The van der Waals surface area contributed by atoms with Crippen LogP contribution in [0.4, 0.5) is 5.69 Å². The van der Waals surface area contributed by atoms with Crippen molar-refractivity contribution in [3.8, 4) is 0 Å². The highest BCUT2D eigenvalue weighted by atomic mass is 16.2. The van der Waals surface area contributed by atoms with Gasteiger partial charge in [-0.05, 0) is 36.0 Å². The van der Waals surface area contributed by atoms with Gasteiger partial charge < -0.3 is 11.1 Å². The number of hydrogen-bond donors (Lipinski definition) is 2. The Kier molecular flexibility index (Phi) is 3.44. The lowest BCUT2D eigenvalue weighted by Crippen LogP contribution is -2.19. The van der Waals surface area contributed by atoms with E-state index in [-0.39, 0.29) is 17.9 Å². The average Bonchev–Trinajstić information content (AvgIpc) is 2.63. The summed E-state index contributed by atoms with van der Waals surface area (Å²) in [7, 11) is 0. The van der Waals surface area contributed by atoms with Gasteiger partial charge in [-0.3, -0.25) is 4.79 Å². The Hall–Kier alpha value is -1.35. The van der Waals surface area contributed by atoms with Gasteiger partial charge in [-0.2, -0.15) is 0 Å². The molecule has 0 aromatic heterocycles. The van der Waals surface area contributed by atoms with Gasteiger partial charge in [0.1, 0.15) is 0 Å². The van der Waals surface area contributed by atoms with Gasteiger partial charge in [0.25, 0.3) is 0 Å². The van der Waals surface area contributed by atoms with Crippen molar-refractivity contribution in [2.45, 2.75) is 46.1 Å². The van der Waals surface area contributed by atoms with E-state index in [4.69, 9.17) is 5.73 Å². The van der Waals surface area contributed by atoms with Gasteiger partial charge in [-0.1, -0.05) is 32.9 Å². The van der Waals surface area contributed by atoms with Gasteiger partial charge in [0.05, 0.1) is 5.92 Å². The molecule has 18 heavy (non-hydrogen) atoms. The van der Waals surface area contributed by atoms with Crippen LogP contribution < -0.4 is 11.1 Å². The van der Waals surface area contributed by atoms with Crippen molar-refractivity contribution < 1.29 is 4.79 Å². The van der Waals surface area contributed by atoms with Crippen molar-refractivity contribution in [1.29, 1.82) is 0 Å². The molecule has 3 N–H and O–H groups in total. The van der Waals surface area contributed by atoms with E-state index in [9.17, 15) is 4.79 Å². The molecule has 0 fully saturated rings. The van der Waals surface area contributed by atoms with Crippen LogP contribution in [0.2, 0.25) is 0 Å². The summed E-state index contributed by atoms with van der Waals surface area (Å²) < 4.78 is 0. The van der Waals surface area contributed by atoms with Crippen molar-refractivity contribution in [1.82, 2.24) is 0 Å². The molecule has 1 aromatic rings. The minimum absolute atomic E-state index is 0.0316. The summed E-state index contributed by atoms with van der Waals surface area (Å²) in [5.41, 5.74) is 10.7. The van der Waals surface area contributed by atoms with Crippen LogP contribution in [-0.2, 0) is 11.2 Å². The second kappa shape index (κ2) is 4.73. The summed E-state index contributed by atoms with van der Waals surface area (Å²) in [6.07, 6.45) is 0.964. The standard InChI is InChI=1S/C15H22N2O/c1-5-10-6-11-9(4)15(18)17-14(11)12(7-10)13(16)8(2)3/h6-9,13H,5,16H2,1-4H3,(H,17,18). The first-order valence-corrected chi connectivity index (χ1v) is 6.68. The predicted molar refractivity (Wildman–Crippen MR) is 74.6 cm³/mol. The zero-order chi connectivity index (χ0) is 13.4. The van der Waals surface area contributed by atoms with E-state index in [2.05, 4.69) is 38.2 Å². The van der Waals surface area contributed by atoms with Gasteiger partial charge >= 0.3 is 0 Å². The second-order valence-electron chi connectivity index (χ2n) is 5.48. The molecule has 0 bridgehead atoms. The van der Waals surface area contributed by atoms with E-state index in [1.165, 1.54) is 5.56 Å². The fourth-order valence-electron chi connectivity index (χ4n) is 2.44. The van der Waals surface area contributed by atoms with Gasteiger partial charge in [0.2, 0.25) is 5.91 Å². The molecular formula is C15H22N2O. The highest BCUT2D eigenvalue weighted by Gasteiger charge is 2.30. The largest absolute Gasteiger partial charge is 0.325 e. The van der Waals surface area contributed by atoms with Crippen LogP contribution in [0.3, 0.4) is 0 Å². The lowest BCUT2D eigenvalue weighted by Gasteiger charge is -2.20. The molecule has 3 heteroatoms. The molecule has 1 heterocycles. The summed E-state index contributed by atoms with van der Waals surface area (Å²) in [5.74, 6) is 0.370. The summed E-state index contributed by atoms with van der Waals surface area (Å²) in [5, 5.41) is 2.98. The normalized spacial score (nSPS) is 19.9. The van der Waals surface area contributed by atoms with Crippen molar-refractivity contribution in [2.75, 3.05) is 5.32 Å². The molecule has 2 unspecified atom stereocenters. The van der Waals surface area contributed by atoms with Crippen LogP contribution in [0.25, 0.3) is 0 Å². The van der Waals surface area contributed by atoms with Gasteiger partial charge in [-0.25, -0.2) is 0 Å². The van der Waals surface area contributed by atoms with Crippen LogP contribution in [-0.4, -0.2) is 5.91 Å². The van der Waals surface area contributed by atoms with E-state index in [0.717, 1.165) is 23.2 Å². The molecule has 3 nitrogen and oxygen atoms in total. The third kappa shape index (κ3) is 2.03. The minimum atomic E-state index is -0.0652. The molecule has 0 aliphatic carbocycles. The van der Waals surface area contributed by atoms with E-state index < -0.39 is 0 Å². The summed E-state index contributed by atoms with van der Waals surface area (Å²) in [6.45, 7) is 8.29. The quantitative estimate of drug-likeness (QED) is 0.861. The Morgan fingerprint density at radius 1 is 1.39 bits per heavy atom. The monoisotopic (exact) mass is 246 g/mol. The average molecular weight is 246 g/mol. The number of nitrogens with two attached hydrogens (primary N) is 1. The lowest BCUT2D eigenvalue weighted by atomic mass is 9.89. The topological polar surface area (TPSA) is 55.1 Å². The number of anilines is 1.